The Labute approximate surface area is 179 Å². The second kappa shape index (κ2) is 8.90. The van der Waals surface area contributed by atoms with E-state index in [0.29, 0.717) is 17.5 Å². The molecule has 9 heteroatoms. The van der Waals surface area contributed by atoms with Crippen LogP contribution in [0.3, 0.4) is 0 Å². The van der Waals surface area contributed by atoms with Gasteiger partial charge >= 0.3 is 12.1 Å². The number of aromatic carboxylic acids is 1. The number of hydrogen-bond acceptors (Lipinski definition) is 3. The smallest absolute Gasteiger partial charge is 0.416 e. The second-order valence-electron chi connectivity index (χ2n) is 7.72. The van der Waals surface area contributed by atoms with Crippen molar-refractivity contribution >= 4 is 21.7 Å². The molecule has 0 unspecified atom stereocenters. The van der Waals surface area contributed by atoms with E-state index in [1.165, 1.54) is 18.2 Å². The minimum atomic E-state index is -4.62. The number of halogens is 3. The van der Waals surface area contributed by atoms with Crippen molar-refractivity contribution in [3.05, 3.63) is 58.7 Å². The molecule has 5 nitrogen and oxygen atoms in total. The molecular weight excluding hydrogens is 431 g/mol. The van der Waals surface area contributed by atoms with E-state index in [2.05, 4.69) is 4.72 Å². The Hall–Kier alpha value is -2.55. The summed E-state index contributed by atoms with van der Waals surface area (Å²) in [6, 6.07) is 6.91. The van der Waals surface area contributed by atoms with Crippen molar-refractivity contribution in [3.8, 4) is 0 Å². The molecule has 0 spiro atoms. The molecule has 1 aliphatic carbocycles. The quantitative estimate of drug-likeness (QED) is 0.575. The van der Waals surface area contributed by atoms with Crippen molar-refractivity contribution in [2.75, 3.05) is 4.72 Å². The lowest BCUT2D eigenvalue weighted by molar-refractivity contribution is -0.137. The van der Waals surface area contributed by atoms with Crippen LogP contribution in [0.15, 0.2) is 41.3 Å². The molecule has 0 saturated heterocycles. The molecule has 0 heterocycles. The van der Waals surface area contributed by atoms with Crippen LogP contribution in [0.4, 0.5) is 18.9 Å². The molecule has 0 aliphatic heterocycles. The number of anilines is 1. The molecule has 2 aromatic rings. The van der Waals surface area contributed by atoms with Gasteiger partial charge in [-0.05, 0) is 60.6 Å². The van der Waals surface area contributed by atoms with Crippen LogP contribution in [0.1, 0.15) is 72.0 Å². The predicted molar refractivity (Wildman–Crippen MR) is 111 cm³/mol. The summed E-state index contributed by atoms with van der Waals surface area (Å²) >= 11 is 0. The average Bonchev–Trinajstić information content (AvgIpc) is 2.73. The number of benzene rings is 2. The van der Waals surface area contributed by atoms with Crippen LogP contribution < -0.4 is 4.72 Å². The summed E-state index contributed by atoms with van der Waals surface area (Å²) in [5.41, 5.74) is -0.356. The van der Waals surface area contributed by atoms with Crippen LogP contribution in [0.2, 0.25) is 0 Å². The number of hydrogen-bond donors (Lipinski definition) is 2. The molecule has 1 fully saturated rings. The summed E-state index contributed by atoms with van der Waals surface area (Å²) in [7, 11) is -4.32. The maximum absolute atomic E-state index is 13.3. The van der Waals surface area contributed by atoms with Gasteiger partial charge in [-0.2, -0.15) is 13.2 Å². The van der Waals surface area contributed by atoms with Gasteiger partial charge in [-0.1, -0.05) is 38.3 Å². The lowest BCUT2D eigenvalue weighted by Crippen LogP contribution is -2.19. The summed E-state index contributed by atoms with van der Waals surface area (Å²) in [5, 5.41) is 9.23. The van der Waals surface area contributed by atoms with Crippen molar-refractivity contribution in [1.82, 2.24) is 0 Å². The monoisotopic (exact) mass is 455 g/mol. The van der Waals surface area contributed by atoms with Crippen molar-refractivity contribution in [2.45, 2.75) is 62.4 Å². The summed E-state index contributed by atoms with van der Waals surface area (Å²) in [5.74, 6) is -1.33. The van der Waals surface area contributed by atoms with Gasteiger partial charge in [0.2, 0.25) is 0 Å². The molecule has 0 amide bonds. The van der Waals surface area contributed by atoms with Gasteiger partial charge < -0.3 is 5.11 Å². The average molecular weight is 455 g/mol. The van der Waals surface area contributed by atoms with E-state index in [-0.39, 0.29) is 22.1 Å². The third-order valence-electron chi connectivity index (χ3n) is 5.65. The molecule has 0 aromatic heterocycles. The topological polar surface area (TPSA) is 83.5 Å². The molecule has 0 atom stereocenters. The molecule has 1 saturated carbocycles. The minimum Gasteiger partial charge on any atom is -0.478 e. The van der Waals surface area contributed by atoms with E-state index in [1.54, 1.807) is 6.92 Å². The van der Waals surface area contributed by atoms with Gasteiger partial charge in [0.15, 0.2) is 0 Å². The molecule has 0 radical (unpaired) electrons. The predicted octanol–water partition coefficient (Wildman–Crippen LogP) is 5.81. The summed E-state index contributed by atoms with van der Waals surface area (Å²) < 4.78 is 68.6. The Morgan fingerprint density at radius 3 is 2.35 bits per heavy atom. The van der Waals surface area contributed by atoms with Crippen molar-refractivity contribution in [1.29, 1.82) is 0 Å². The van der Waals surface area contributed by atoms with Crippen LogP contribution in [0.25, 0.3) is 0 Å². The number of carboxylic acids is 1. The van der Waals surface area contributed by atoms with E-state index in [4.69, 9.17) is 0 Å². The highest BCUT2D eigenvalue weighted by atomic mass is 32.2. The standard InChI is InChI=1S/C22H24F3NO4S/c1-2-14-8-9-16(21(27)28)12-20(14)31(29,30)26-19-13-17(22(23,24)25)10-11-18(19)15-6-4-3-5-7-15/h8-13,15,26H,2-7H2,1H3,(H,27,28). The number of carbonyl (C=O) groups is 1. The Kier molecular flexibility index (Phi) is 6.64. The third kappa shape index (κ3) is 5.20. The first-order valence-electron chi connectivity index (χ1n) is 10.1. The first-order chi connectivity index (χ1) is 14.5. The zero-order valence-electron chi connectivity index (χ0n) is 17.0. The molecule has 2 aromatic carbocycles. The first-order valence-corrected chi connectivity index (χ1v) is 11.6. The highest BCUT2D eigenvalue weighted by Gasteiger charge is 2.33. The number of nitrogens with one attached hydrogen (secondary N) is 1. The number of sulfonamides is 1. The summed E-state index contributed by atoms with van der Waals surface area (Å²) in [4.78, 5) is 11.1. The van der Waals surface area contributed by atoms with Gasteiger partial charge in [-0.25, -0.2) is 13.2 Å². The van der Waals surface area contributed by atoms with Crippen molar-refractivity contribution in [3.63, 3.8) is 0 Å². The van der Waals surface area contributed by atoms with Crippen LogP contribution in [0.5, 0.6) is 0 Å². The Bertz CT molecular complexity index is 1070. The Balaban J connectivity index is 2.09. The summed E-state index contributed by atoms with van der Waals surface area (Å²) in [6.45, 7) is 1.71. The Morgan fingerprint density at radius 1 is 1.10 bits per heavy atom. The SMILES string of the molecule is CCc1ccc(C(=O)O)cc1S(=O)(=O)Nc1cc(C(F)(F)F)ccc1C1CCCCC1. The highest BCUT2D eigenvalue weighted by molar-refractivity contribution is 7.92. The lowest BCUT2D eigenvalue weighted by Gasteiger charge is -2.25. The second-order valence-corrected chi connectivity index (χ2v) is 9.37. The fourth-order valence-corrected chi connectivity index (χ4v) is 5.44. The van der Waals surface area contributed by atoms with Crippen LogP contribution in [-0.2, 0) is 22.6 Å². The van der Waals surface area contributed by atoms with Crippen LogP contribution >= 0.6 is 0 Å². The normalized spacial score (nSPS) is 15.6. The van der Waals surface area contributed by atoms with E-state index in [0.717, 1.165) is 50.3 Å². The molecular formula is C22H24F3NO4S. The molecule has 168 valence electrons. The molecule has 1 aliphatic rings. The van der Waals surface area contributed by atoms with Crippen molar-refractivity contribution in [2.24, 2.45) is 0 Å². The fourth-order valence-electron chi connectivity index (χ4n) is 4.02. The third-order valence-corrected chi connectivity index (χ3v) is 7.10. The molecule has 3 rings (SSSR count). The zero-order valence-corrected chi connectivity index (χ0v) is 17.8. The first kappa shape index (κ1) is 23.1. The van der Waals surface area contributed by atoms with Crippen LogP contribution in [-0.4, -0.2) is 19.5 Å². The van der Waals surface area contributed by atoms with Gasteiger partial charge in [-0.15, -0.1) is 0 Å². The van der Waals surface area contributed by atoms with Crippen molar-refractivity contribution < 1.29 is 31.5 Å². The maximum Gasteiger partial charge on any atom is 0.416 e. The van der Waals surface area contributed by atoms with Gasteiger partial charge in [0.1, 0.15) is 0 Å². The maximum atomic E-state index is 13.3. The molecule has 0 bridgehead atoms. The van der Waals surface area contributed by atoms with Gasteiger partial charge in [0.25, 0.3) is 10.0 Å². The zero-order chi connectivity index (χ0) is 22.8. The fraction of sp³-hybridized carbons (Fsp3) is 0.409. The molecule has 2 N–H and O–H groups in total. The number of carboxylic acid groups (broad SMARTS) is 1. The number of aryl methyl sites for hydroxylation is 1. The largest absolute Gasteiger partial charge is 0.478 e. The number of rotatable bonds is 6. The van der Waals surface area contributed by atoms with E-state index < -0.39 is 27.7 Å². The minimum absolute atomic E-state index is 0.0373. The lowest BCUT2D eigenvalue weighted by atomic mass is 9.83. The van der Waals surface area contributed by atoms with Gasteiger partial charge in [0.05, 0.1) is 21.7 Å². The highest BCUT2D eigenvalue weighted by Crippen LogP contribution is 2.40. The van der Waals surface area contributed by atoms with Gasteiger partial charge in [-0.3, -0.25) is 4.72 Å². The van der Waals surface area contributed by atoms with Gasteiger partial charge in [0, 0.05) is 0 Å². The van der Waals surface area contributed by atoms with E-state index >= 15 is 0 Å². The van der Waals surface area contributed by atoms with E-state index in [9.17, 15) is 31.5 Å². The Morgan fingerprint density at radius 2 is 1.77 bits per heavy atom. The molecule has 31 heavy (non-hydrogen) atoms. The summed E-state index contributed by atoms with van der Waals surface area (Å²) in [6.07, 6.45) is 0.137. The van der Waals surface area contributed by atoms with Crippen LogP contribution in [0, 0.1) is 0 Å². The van der Waals surface area contributed by atoms with E-state index in [1.807, 2.05) is 0 Å². The number of alkyl halides is 3.